The second-order valence-corrected chi connectivity index (χ2v) is 8.23. The van der Waals surface area contributed by atoms with Crippen LogP contribution in [0.3, 0.4) is 0 Å². The van der Waals surface area contributed by atoms with Crippen molar-refractivity contribution in [1.29, 1.82) is 0 Å². The Hall–Kier alpha value is -1.44. The number of rotatable bonds is 4. The third-order valence-corrected chi connectivity index (χ3v) is 5.04. The average molecular weight is 325 g/mol. The fraction of sp³-hybridized carbons (Fsp3) is 0.533. The van der Waals surface area contributed by atoms with Gasteiger partial charge in [0.1, 0.15) is 0 Å². The van der Waals surface area contributed by atoms with E-state index in [1.165, 1.54) is 24.3 Å². The number of sulfonamides is 1. The van der Waals surface area contributed by atoms with E-state index in [-0.39, 0.29) is 16.8 Å². The molecule has 0 aliphatic carbocycles. The Balaban J connectivity index is 2.08. The fourth-order valence-corrected chi connectivity index (χ4v) is 3.71. The molecular formula is C15H23N3O3S. The van der Waals surface area contributed by atoms with Crippen molar-refractivity contribution >= 4 is 15.9 Å². The lowest BCUT2D eigenvalue weighted by atomic mass is 10.1. The first-order valence-corrected chi connectivity index (χ1v) is 8.81. The summed E-state index contributed by atoms with van der Waals surface area (Å²) in [6.45, 7) is 7.01. The summed E-state index contributed by atoms with van der Waals surface area (Å²) in [5.74, 6) is -0.179. The van der Waals surface area contributed by atoms with Gasteiger partial charge in [0.15, 0.2) is 0 Å². The molecule has 2 rings (SSSR count). The smallest absolute Gasteiger partial charge is 0.251 e. The molecule has 0 bridgehead atoms. The molecule has 3 N–H and O–H groups in total. The van der Waals surface area contributed by atoms with Crippen LogP contribution in [-0.4, -0.2) is 39.0 Å². The summed E-state index contributed by atoms with van der Waals surface area (Å²) in [5.41, 5.74) is -0.0914. The first-order valence-electron chi connectivity index (χ1n) is 7.33. The van der Waals surface area contributed by atoms with E-state index in [4.69, 9.17) is 0 Å². The van der Waals surface area contributed by atoms with Gasteiger partial charge in [0.05, 0.1) is 4.90 Å². The molecule has 0 radical (unpaired) electrons. The zero-order valence-electron chi connectivity index (χ0n) is 13.1. The number of carbonyl (C=O) groups is 1. The lowest BCUT2D eigenvalue weighted by Gasteiger charge is -2.20. The Morgan fingerprint density at radius 3 is 2.36 bits per heavy atom. The van der Waals surface area contributed by atoms with Gasteiger partial charge in [0.25, 0.3) is 5.91 Å². The van der Waals surface area contributed by atoms with Gasteiger partial charge >= 0.3 is 0 Å². The van der Waals surface area contributed by atoms with E-state index < -0.39 is 15.6 Å². The van der Waals surface area contributed by atoms with Crippen molar-refractivity contribution in [3.05, 3.63) is 29.8 Å². The van der Waals surface area contributed by atoms with Gasteiger partial charge in [0.2, 0.25) is 10.0 Å². The Kier molecular flexibility index (Phi) is 4.89. The maximum atomic E-state index is 12.2. The topological polar surface area (TPSA) is 87.3 Å². The van der Waals surface area contributed by atoms with Crippen LogP contribution in [0.1, 0.15) is 37.6 Å². The van der Waals surface area contributed by atoms with Crippen LogP contribution in [0.4, 0.5) is 0 Å². The van der Waals surface area contributed by atoms with Gasteiger partial charge in [-0.3, -0.25) is 4.79 Å². The molecule has 1 aliphatic rings. The van der Waals surface area contributed by atoms with Crippen LogP contribution in [0.25, 0.3) is 0 Å². The van der Waals surface area contributed by atoms with Gasteiger partial charge in [0, 0.05) is 23.7 Å². The number of amides is 1. The van der Waals surface area contributed by atoms with Crippen molar-refractivity contribution in [1.82, 2.24) is 15.4 Å². The van der Waals surface area contributed by atoms with Crippen LogP contribution >= 0.6 is 0 Å². The molecule has 1 fully saturated rings. The van der Waals surface area contributed by atoms with Crippen molar-refractivity contribution < 1.29 is 13.2 Å². The van der Waals surface area contributed by atoms with E-state index >= 15 is 0 Å². The largest absolute Gasteiger partial charge is 0.348 e. The Labute approximate surface area is 131 Å². The molecule has 0 saturated carbocycles. The maximum absolute atomic E-state index is 12.2. The zero-order valence-corrected chi connectivity index (χ0v) is 14.0. The third-order valence-electron chi connectivity index (χ3n) is 3.26. The second-order valence-electron chi connectivity index (χ2n) is 6.54. The molecule has 7 heteroatoms. The molecule has 0 aromatic heterocycles. The Morgan fingerprint density at radius 1 is 1.23 bits per heavy atom. The molecule has 1 aromatic rings. The van der Waals surface area contributed by atoms with Crippen LogP contribution in [0.5, 0.6) is 0 Å². The van der Waals surface area contributed by atoms with E-state index in [0.717, 1.165) is 19.5 Å². The number of hydrogen-bond acceptors (Lipinski definition) is 4. The maximum Gasteiger partial charge on any atom is 0.251 e. The summed E-state index contributed by atoms with van der Waals surface area (Å²) in [5, 5.41) is 6.10. The summed E-state index contributed by atoms with van der Waals surface area (Å²) < 4.78 is 27.0. The highest BCUT2D eigenvalue weighted by Crippen LogP contribution is 2.14. The number of nitrogens with one attached hydrogen (secondary N) is 3. The van der Waals surface area contributed by atoms with Gasteiger partial charge in [-0.2, -0.15) is 0 Å². The summed E-state index contributed by atoms with van der Waals surface area (Å²) in [6.07, 6.45) is 0.910. The highest BCUT2D eigenvalue weighted by molar-refractivity contribution is 7.89. The molecule has 1 amide bonds. The van der Waals surface area contributed by atoms with Gasteiger partial charge in [-0.05, 0) is 58.0 Å². The van der Waals surface area contributed by atoms with Crippen molar-refractivity contribution in [3.8, 4) is 0 Å². The van der Waals surface area contributed by atoms with Crippen LogP contribution in [-0.2, 0) is 10.0 Å². The number of hydrogen-bond donors (Lipinski definition) is 3. The van der Waals surface area contributed by atoms with E-state index in [1.54, 1.807) is 20.8 Å². The highest BCUT2D eigenvalue weighted by Gasteiger charge is 2.22. The van der Waals surface area contributed by atoms with Crippen LogP contribution in [0.15, 0.2) is 29.2 Å². The summed E-state index contributed by atoms with van der Waals surface area (Å²) in [7, 11) is -3.57. The minimum atomic E-state index is -3.57. The molecule has 1 atom stereocenters. The third kappa shape index (κ3) is 4.53. The SMILES string of the molecule is CC(C)(C)NS(=O)(=O)c1ccc(C(=O)NC2CCNC2)cc1. The predicted molar refractivity (Wildman–Crippen MR) is 85.3 cm³/mol. The molecular weight excluding hydrogens is 302 g/mol. The number of carbonyl (C=O) groups excluding carboxylic acids is 1. The quantitative estimate of drug-likeness (QED) is 0.766. The summed E-state index contributed by atoms with van der Waals surface area (Å²) in [4.78, 5) is 12.2. The molecule has 6 nitrogen and oxygen atoms in total. The normalized spacial score (nSPS) is 19.1. The molecule has 122 valence electrons. The van der Waals surface area contributed by atoms with Crippen LogP contribution < -0.4 is 15.4 Å². The Morgan fingerprint density at radius 2 is 1.86 bits per heavy atom. The van der Waals surface area contributed by atoms with Crippen molar-refractivity contribution in [2.45, 2.75) is 43.7 Å². The lowest BCUT2D eigenvalue weighted by Crippen LogP contribution is -2.40. The molecule has 22 heavy (non-hydrogen) atoms. The molecule has 1 heterocycles. The van der Waals surface area contributed by atoms with Crippen molar-refractivity contribution in [3.63, 3.8) is 0 Å². The summed E-state index contributed by atoms with van der Waals surface area (Å²) >= 11 is 0. The second kappa shape index (κ2) is 6.36. The monoisotopic (exact) mass is 325 g/mol. The molecule has 1 unspecified atom stereocenters. The van der Waals surface area contributed by atoms with E-state index in [0.29, 0.717) is 5.56 Å². The van der Waals surface area contributed by atoms with Crippen molar-refractivity contribution in [2.24, 2.45) is 0 Å². The van der Waals surface area contributed by atoms with E-state index in [9.17, 15) is 13.2 Å². The van der Waals surface area contributed by atoms with Crippen molar-refractivity contribution in [2.75, 3.05) is 13.1 Å². The van der Waals surface area contributed by atoms with Gasteiger partial charge in [-0.15, -0.1) is 0 Å². The first-order chi connectivity index (χ1) is 10.2. The van der Waals surface area contributed by atoms with Gasteiger partial charge in [-0.1, -0.05) is 0 Å². The minimum Gasteiger partial charge on any atom is -0.348 e. The molecule has 0 spiro atoms. The lowest BCUT2D eigenvalue weighted by molar-refractivity contribution is 0.0940. The van der Waals surface area contributed by atoms with Gasteiger partial charge < -0.3 is 10.6 Å². The number of benzene rings is 1. The molecule has 1 aliphatic heterocycles. The summed E-state index contributed by atoms with van der Waals surface area (Å²) in [6, 6.07) is 6.12. The molecule has 1 aromatic carbocycles. The Bertz CT molecular complexity index is 627. The fourth-order valence-electron chi connectivity index (χ4n) is 2.29. The minimum absolute atomic E-state index is 0.137. The predicted octanol–water partition coefficient (Wildman–Crippen LogP) is 0.855. The van der Waals surface area contributed by atoms with Crippen LogP contribution in [0.2, 0.25) is 0 Å². The van der Waals surface area contributed by atoms with Crippen LogP contribution in [0, 0.1) is 0 Å². The average Bonchev–Trinajstić information content (AvgIpc) is 2.89. The van der Waals surface area contributed by atoms with Gasteiger partial charge in [-0.25, -0.2) is 13.1 Å². The zero-order chi connectivity index (χ0) is 16.4. The molecule has 1 saturated heterocycles. The van der Waals surface area contributed by atoms with E-state index in [1.807, 2.05) is 0 Å². The standard InChI is InChI=1S/C15H23N3O3S/c1-15(2,3)18-22(20,21)13-6-4-11(5-7-13)14(19)17-12-8-9-16-10-12/h4-7,12,16,18H,8-10H2,1-3H3,(H,17,19). The first kappa shape index (κ1) is 16.9. The highest BCUT2D eigenvalue weighted by atomic mass is 32.2. The van der Waals surface area contributed by atoms with E-state index in [2.05, 4.69) is 15.4 Å².